The van der Waals surface area contributed by atoms with E-state index in [4.69, 9.17) is 16.6 Å². The molecule has 2 aromatic heterocycles. The van der Waals surface area contributed by atoms with Crippen molar-refractivity contribution in [3.8, 4) is 33.9 Å². The van der Waals surface area contributed by atoms with E-state index in [0.717, 1.165) is 11.1 Å². The Morgan fingerprint density at radius 3 is 2.00 bits per heavy atom. The van der Waals surface area contributed by atoms with Crippen molar-refractivity contribution in [2.45, 2.75) is 0 Å². The van der Waals surface area contributed by atoms with Gasteiger partial charge in [-0.2, -0.15) is 9.97 Å². The summed E-state index contributed by atoms with van der Waals surface area (Å²) >= 11 is 8.09. The predicted octanol–water partition coefficient (Wildman–Crippen LogP) is 7.89. The fraction of sp³-hybridized carbons (Fsp3) is 0. The van der Waals surface area contributed by atoms with Crippen LogP contribution in [0, 0.1) is 0 Å². The Bertz CT molecular complexity index is 1580. The Kier molecular flexibility index (Phi) is 4.67. The fourth-order valence-electron chi connectivity index (χ4n) is 4.02. The van der Waals surface area contributed by atoms with Crippen molar-refractivity contribution >= 4 is 43.1 Å². The number of fused-ring (bicyclic) bond motifs is 3. The Labute approximate surface area is 194 Å². The molecule has 0 aliphatic rings. The summed E-state index contributed by atoms with van der Waals surface area (Å²) in [5, 5.41) is 2.64. The van der Waals surface area contributed by atoms with E-state index >= 15 is 0 Å². The third-order valence-corrected chi connectivity index (χ3v) is 6.78. The highest BCUT2D eigenvalue weighted by atomic mass is 35.5. The number of halogens is 1. The number of benzene rings is 4. The zero-order chi connectivity index (χ0) is 21.5. The van der Waals surface area contributed by atoms with Gasteiger partial charge in [-0.15, -0.1) is 11.3 Å². The van der Waals surface area contributed by atoms with Crippen molar-refractivity contribution in [3.63, 3.8) is 0 Å². The van der Waals surface area contributed by atoms with Crippen molar-refractivity contribution in [1.29, 1.82) is 0 Å². The molecule has 0 saturated carbocycles. The predicted molar refractivity (Wildman–Crippen MR) is 134 cm³/mol. The van der Waals surface area contributed by atoms with Crippen molar-refractivity contribution in [1.82, 2.24) is 15.0 Å². The first-order valence-corrected chi connectivity index (χ1v) is 11.4. The standard InChI is InChI=1S/C27H16ClN3S/c28-27-30-25(18-10-5-2-6-11-18)29-26(31-27)19-14-15-22-21(16-19)24-20(12-7-13-23(24)32-22)17-8-3-1-4-9-17/h1-16H. The quantitative estimate of drug-likeness (QED) is 0.275. The van der Waals surface area contributed by atoms with E-state index in [1.807, 2.05) is 36.4 Å². The van der Waals surface area contributed by atoms with Gasteiger partial charge in [0, 0.05) is 31.3 Å². The summed E-state index contributed by atoms with van der Waals surface area (Å²) in [6.07, 6.45) is 0. The summed E-state index contributed by atoms with van der Waals surface area (Å²) in [5.74, 6) is 1.14. The molecule has 0 saturated heterocycles. The summed E-state index contributed by atoms with van der Waals surface area (Å²) in [7, 11) is 0. The molecule has 0 fully saturated rings. The van der Waals surface area contributed by atoms with Crippen LogP contribution in [0.25, 0.3) is 54.1 Å². The Balaban J connectivity index is 1.56. The lowest BCUT2D eigenvalue weighted by molar-refractivity contribution is 1.07. The van der Waals surface area contributed by atoms with Gasteiger partial charge in [-0.05, 0) is 47.0 Å². The third kappa shape index (κ3) is 3.34. The van der Waals surface area contributed by atoms with Crippen LogP contribution in [0.15, 0.2) is 97.1 Å². The van der Waals surface area contributed by atoms with Crippen molar-refractivity contribution in [3.05, 3.63) is 102 Å². The first kappa shape index (κ1) is 19.1. The summed E-state index contributed by atoms with van der Waals surface area (Å²) in [4.78, 5) is 13.5. The van der Waals surface area contributed by atoms with Gasteiger partial charge in [0.1, 0.15) is 0 Å². The molecule has 4 aromatic carbocycles. The van der Waals surface area contributed by atoms with E-state index < -0.39 is 0 Å². The monoisotopic (exact) mass is 449 g/mol. The maximum atomic E-state index is 6.29. The highest BCUT2D eigenvalue weighted by Gasteiger charge is 2.14. The number of thiophene rings is 1. The molecule has 152 valence electrons. The molecule has 0 spiro atoms. The van der Waals surface area contributed by atoms with Gasteiger partial charge in [-0.1, -0.05) is 72.8 Å². The second-order valence-corrected chi connectivity index (χ2v) is 8.90. The number of rotatable bonds is 3. The molecule has 0 aliphatic carbocycles. The minimum atomic E-state index is 0.189. The zero-order valence-electron chi connectivity index (χ0n) is 16.9. The van der Waals surface area contributed by atoms with Gasteiger partial charge in [0.25, 0.3) is 0 Å². The number of nitrogens with zero attached hydrogens (tertiary/aromatic N) is 3. The van der Waals surface area contributed by atoms with Crippen LogP contribution in [-0.2, 0) is 0 Å². The van der Waals surface area contributed by atoms with Crippen LogP contribution in [-0.4, -0.2) is 15.0 Å². The Morgan fingerprint density at radius 1 is 0.562 bits per heavy atom. The van der Waals surface area contributed by atoms with Gasteiger partial charge in [0.2, 0.25) is 5.28 Å². The Hall–Kier alpha value is -3.60. The van der Waals surface area contributed by atoms with Crippen LogP contribution < -0.4 is 0 Å². The lowest BCUT2D eigenvalue weighted by atomic mass is 9.99. The largest absolute Gasteiger partial charge is 0.226 e. The van der Waals surface area contributed by atoms with Crippen molar-refractivity contribution in [2.24, 2.45) is 0 Å². The van der Waals surface area contributed by atoms with Gasteiger partial charge >= 0.3 is 0 Å². The van der Waals surface area contributed by atoms with Crippen LogP contribution in [0.2, 0.25) is 5.28 Å². The lowest BCUT2D eigenvalue weighted by Gasteiger charge is -2.07. The molecule has 0 amide bonds. The summed E-state index contributed by atoms with van der Waals surface area (Å²) < 4.78 is 2.49. The van der Waals surface area contributed by atoms with E-state index in [-0.39, 0.29) is 5.28 Å². The van der Waals surface area contributed by atoms with Crippen molar-refractivity contribution in [2.75, 3.05) is 0 Å². The highest BCUT2D eigenvalue weighted by Crippen LogP contribution is 2.41. The molecule has 6 aromatic rings. The smallest absolute Gasteiger partial charge is 0.208 e. The molecule has 0 aliphatic heterocycles. The van der Waals surface area contributed by atoms with Crippen LogP contribution in [0.4, 0.5) is 0 Å². The maximum Gasteiger partial charge on any atom is 0.226 e. The molecule has 0 bridgehead atoms. The minimum absolute atomic E-state index is 0.189. The van der Waals surface area contributed by atoms with Crippen LogP contribution in [0.5, 0.6) is 0 Å². The maximum absolute atomic E-state index is 6.29. The van der Waals surface area contributed by atoms with Crippen LogP contribution >= 0.6 is 22.9 Å². The number of hydrogen-bond acceptors (Lipinski definition) is 4. The topological polar surface area (TPSA) is 38.7 Å². The van der Waals surface area contributed by atoms with E-state index in [1.165, 1.54) is 31.3 Å². The van der Waals surface area contributed by atoms with Crippen LogP contribution in [0.1, 0.15) is 0 Å². The summed E-state index contributed by atoms with van der Waals surface area (Å²) in [6, 6.07) is 33.2. The third-order valence-electron chi connectivity index (χ3n) is 5.48. The molecule has 32 heavy (non-hydrogen) atoms. The van der Waals surface area contributed by atoms with Gasteiger partial charge in [-0.3, -0.25) is 0 Å². The molecule has 6 rings (SSSR count). The zero-order valence-corrected chi connectivity index (χ0v) is 18.4. The average Bonchev–Trinajstić information content (AvgIpc) is 3.23. The molecular weight excluding hydrogens is 434 g/mol. The molecule has 0 N–H and O–H groups in total. The molecule has 5 heteroatoms. The van der Waals surface area contributed by atoms with Gasteiger partial charge in [0.05, 0.1) is 0 Å². The normalized spacial score (nSPS) is 11.3. The van der Waals surface area contributed by atoms with Crippen molar-refractivity contribution < 1.29 is 0 Å². The van der Waals surface area contributed by atoms with E-state index in [2.05, 4.69) is 70.6 Å². The summed E-state index contributed by atoms with van der Waals surface area (Å²) in [6.45, 7) is 0. The average molecular weight is 450 g/mol. The van der Waals surface area contributed by atoms with Gasteiger partial charge < -0.3 is 0 Å². The van der Waals surface area contributed by atoms with E-state index in [9.17, 15) is 0 Å². The minimum Gasteiger partial charge on any atom is -0.208 e. The Morgan fingerprint density at radius 2 is 1.25 bits per heavy atom. The first-order chi connectivity index (χ1) is 15.8. The molecule has 0 radical (unpaired) electrons. The highest BCUT2D eigenvalue weighted by molar-refractivity contribution is 7.25. The van der Waals surface area contributed by atoms with Gasteiger partial charge in [-0.25, -0.2) is 4.98 Å². The number of aromatic nitrogens is 3. The molecular formula is C27H16ClN3S. The second-order valence-electron chi connectivity index (χ2n) is 7.48. The van der Waals surface area contributed by atoms with Crippen LogP contribution in [0.3, 0.4) is 0 Å². The molecule has 0 unspecified atom stereocenters. The van der Waals surface area contributed by atoms with Gasteiger partial charge in [0.15, 0.2) is 11.6 Å². The number of hydrogen-bond donors (Lipinski definition) is 0. The SMILES string of the molecule is Clc1nc(-c2ccccc2)nc(-c2ccc3sc4cccc(-c5ccccc5)c4c3c2)n1. The molecule has 0 atom stereocenters. The second kappa shape index (κ2) is 7.83. The molecule has 3 nitrogen and oxygen atoms in total. The fourth-order valence-corrected chi connectivity index (χ4v) is 5.29. The van der Waals surface area contributed by atoms with E-state index in [0.29, 0.717) is 11.6 Å². The summed E-state index contributed by atoms with van der Waals surface area (Å²) in [5.41, 5.74) is 4.26. The molecule has 2 heterocycles. The lowest BCUT2D eigenvalue weighted by Crippen LogP contribution is -1.97. The van der Waals surface area contributed by atoms with E-state index in [1.54, 1.807) is 11.3 Å². The first-order valence-electron chi connectivity index (χ1n) is 10.2.